The first-order chi connectivity index (χ1) is 8.99. The van der Waals surface area contributed by atoms with Crippen molar-refractivity contribution in [3.63, 3.8) is 0 Å². The quantitative estimate of drug-likeness (QED) is 0.407. The van der Waals surface area contributed by atoms with E-state index in [9.17, 15) is 14.4 Å². The monoisotopic (exact) mass is 267 g/mol. The normalized spacial score (nSPS) is 16.8. The maximum absolute atomic E-state index is 12.1. The molecule has 0 aromatic carbocycles. The van der Waals surface area contributed by atoms with Crippen LogP contribution in [0.1, 0.15) is 45.4 Å². The summed E-state index contributed by atoms with van der Waals surface area (Å²) in [5, 5.41) is 8.72. The predicted octanol–water partition coefficient (Wildman–Crippen LogP) is 1.20. The molecule has 1 atom stereocenters. The number of hydrogen-bond donors (Lipinski definition) is 1. The minimum atomic E-state index is -0.710. The van der Waals surface area contributed by atoms with Gasteiger partial charge >= 0.3 is 0 Å². The van der Waals surface area contributed by atoms with Crippen LogP contribution < -0.4 is 0 Å². The number of carbonyl (C=O) groups is 3. The molecule has 0 radical (unpaired) electrons. The third-order valence-corrected chi connectivity index (χ3v) is 3.26. The number of imide groups is 1. The van der Waals surface area contributed by atoms with Crippen molar-refractivity contribution in [2.45, 2.75) is 51.5 Å². The molecule has 0 spiro atoms. The van der Waals surface area contributed by atoms with Crippen LogP contribution in [0, 0.1) is 0 Å². The molecule has 1 N–H and O–H groups in total. The van der Waals surface area contributed by atoms with E-state index in [0.29, 0.717) is 24.8 Å². The molecule has 5 heteroatoms. The molecule has 5 nitrogen and oxygen atoms in total. The summed E-state index contributed by atoms with van der Waals surface area (Å²) in [5.41, 5.74) is 0.361. The minimum Gasteiger partial charge on any atom is -0.396 e. The molecule has 1 aliphatic heterocycles. The topological polar surface area (TPSA) is 74.7 Å². The fraction of sp³-hybridized carbons (Fsp3) is 0.643. The van der Waals surface area contributed by atoms with Crippen molar-refractivity contribution >= 4 is 17.6 Å². The standard InChI is InChI=1S/C14H21NO4/c1-10(2)14(19)11(6-4-3-5-9-16)15-12(17)7-8-13(15)18/h11,16H,1,3-9H2,2H3. The predicted molar refractivity (Wildman–Crippen MR) is 70.2 cm³/mol. The van der Waals surface area contributed by atoms with Crippen LogP contribution in [-0.2, 0) is 14.4 Å². The van der Waals surface area contributed by atoms with Crippen molar-refractivity contribution < 1.29 is 19.5 Å². The summed E-state index contributed by atoms with van der Waals surface area (Å²) in [4.78, 5) is 36.6. The van der Waals surface area contributed by atoms with Crippen LogP contribution in [0.15, 0.2) is 12.2 Å². The van der Waals surface area contributed by atoms with E-state index >= 15 is 0 Å². The van der Waals surface area contributed by atoms with E-state index in [4.69, 9.17) is 5.11 Å². The highest BCUT2D eigenvalue weighted by Crippen LogP contribution is 2.21. The van der Waals surface area contributed by atoms with Crippen LogP contribution in [-0.4, -0.2) is 40.3 Å². The number of hydrogen-bond acceptors (Lipinski definition) is 4. The molecule has 1 heterocycles. The number of amides is 2. The Kier molecular flexibility index (Phi) is 5.89. The van der Waals surface area contributed by atoms with Crippen LogP contribution in [0.2, 0.25) is 0 Å². The van der Waals surface area contributed by atoms with Gasteiger partial charge in [-0.1, -0.05) is 19.4 Å². The van der Waals surface area contributed by atoms with Crippen LogP contribution >= 0.6 is 0 Å². The third kappa shape index (κ3) is 3.99. The number of aliphatic hydroxyl groups is 1. The second kappa shape index (κ2) is 7.19. The molecular weight excluding hydrogens is 246 g/mol. The molecular formula is C14H21NO4. The number of unbranched alkanes of at least 4 members (excludes halogenated alkanes) is 2. The Bertz CT molecular complexity index is 373. The molecule has 19 heavy (non-hydrogen) atoms. The van der Waals surface area contributed by atoms with Crippen LogP contribution in [0.4, 0.5) is 0 Å². The van der Waals surface area contributed by atoms with Crippen molar-refractivity contribution in [3.8, 4) is 0 Å². The Morgan fingerprint density at radius 1 is 1.26 bits per heavy atom. The fourth-order valence-electron chi connectivity index (χ4n) is 2.23. The van der Waals surface area contributed by atoms with E-state index in [0.717, 1.165) is 11.3 Å². The maximum atomic E-state index is 12.1. The third-order valence-electron chi connectivity index (χ3n) is 3.26. The summed E-state index contributed by atoms with van der Waals surface area (Å²) >= 11 is 0. The zero-order valence-electron chi connectivity index (χ0n) is 11.4. The highest BCUT2D eigenvalue weighted by atomic mass is 16.3. The Morgan fingerprint density at radius 3 is 2.32 bits per heavy atom. The molecule has 2 amide bonds. The van der Waals surface area contributed by atoms with E-state index < -0.39 is 6.04 Å². The molecule has 0 saturated carbocycles. The smallest absolute Gasteiger partial charge is 0.230 e. The number of likely N-dealkylation sites (tertiary alicyclic amines) is 1. The fourth-order valence-corrected chi connectivity index (χ4v) is 2.23. The Balaban J connectivity index is 2.74. The van der Waals surface area contributed by atoms with Crippen LogP contribution in [0.3, 0.4) is 0 Å². The average molecular weight is 267 g/mol. The lowest BCUT2D eigenvalue weighted by Gasteiger charge is -2.25. The zero-order chi connectivity index (χ0) is 14.4. The van der Waals surface area contributed by atoms with Crippen molar-refractivity contribution in [2.75, 3.05) is 6.61 Å². The van der Waals surface area contributed by atoms with Gasteiger partial charge in [-0.05, 0) is 25.3 Å². The number of nitrogens with zero attached hydrogens (tertiary/aromatic N) is 1. The number of aliphatic hydroxyl groups excluding tert-OH is 1. The number of rotatable bonds is 8. The van der Waals surface area contributed by atoms with Crippen molar-refractivity contribution in [1.82, 2.24) is 4.90 Å². The van der Waals surface area contributed by atoms with E-state index in [2.05, 4.69) is 6.58 Å². The summed E-state index contributed by atoms with van der Waals surface area (Å²) in [5.74, 6) is -0.786. The maximum Gasteiger partial charge on any atom is 0.230 e. The lowest BCUT2D eigenvalue weighted by molar-refractivity contribution is -0.145. The summed E-state index contributed by atoms with van der Waals surface area (Å²) in [6.07, 6.45) is 2.96. The first kappa shape index (κ1) is 15.6. The van der Waals surface area contributed by atoms with Crippen LogP contribution in [0.25, 0.3) is 0 Å². The number of ketones is 1. The molecule has 0 aromatic rings. The summed E-state index contributed by atoms with van der Waals surface area (Å²) in [6, 6.07) is -0.710. The lowest BCUT2D eigenvalue weighted by atomic mass is 9.99. The molecule has 1 aliphatic rings. The molecule has 106 valence electrons. The van der Waals surface area contributed by atoms with Gasteiger partial charge in [0, 0.05) is 19.4 Å². The summed E-state index contributed by atoms with van der Waals surface area (Å²) in [6.45, 7) is 5.31. The first-order valence-corrected chi connectivity index (χ1v) is 6.64. The Morgan fingerprint density at radius 2 is 1.84 bits per heavy atom. The van der Waals surface area contributed by atoms with Crippen molar-refractivity contribution in [3.05, 3.63) is 12.2 Å². The average Bonchev–Trinajstić information content (AvgIpc) is 2.69. The van der Waals surface area contributed by atoms with Gasteiger partial charge in [0.15, 0.2) is 5.78 Å². The van der Waals surface area contributed by atoms with E-state index in [1.165, 1.54) is 0 Å². The second-order valence-corrected chi connectivity index (χ2v) is 4.89. The molecule has 1 fully saturated rings. The van der Waals surface area contributed by atoms with Gasteiger partial charge in [0.1, 0.15) is 6.04 Å². The van der Waals surface area contributed by atoms with Gasteiger partial charge in [0.2, 0.25) is 11.8 Å². The highest BCUT2D eigenvalue weighted by molar-refractivity contribution is 6.09. The Labute approximate surface area is 113 Å². The Hall–Kier alpha value is -1.49. The zero-order valence-corrected chi connectivity index (χ0v) is 11.4. The molecule has 0 bridgehead atoms. The van der Waals surface area contributed by atoms with Gasteiger partial charge < -0.3 is 5.11 Å². The van der Waals surface area contributed by atoms with E-state index in [1.54, 1.807) is 6.92 Å². The van der Waals surface area contributed by atoms with E-state index in [-0.39, 0.29) is 37.0 Å². The van der Waals surface area contributed by atoms with Gasteiger partial charge in [0.25, 0.3) is 0 Å². The first-order valence-electron chi connectivity index (χ1n) is 6.64. The van der Waals surface area contributed by atoms with Crippen LogP contribution in [0.5, 0.6) is 0 Å². The van der Waals surface area contributed by atoms with Gasteiger partial charge in [-0.2, -0.15) is 0 Å². The minimum absolute atomic E-state index is 0.112. The second-order valence-electron chi connectivity index (χ2n) is 4.89. The summed E-state index contributed by atoms with van der Waals surface area (Å²) in [7, 11) is 0. The number of carbonyl (C=O) groups excluding carboxylic acids is 3. The molecule has 1 rings (SSSR count). The number of Topliss-reactive ketones (excluding diaryl/α,β-unsaturated/α-hetero) is 1. The van der Waals surface area contributed by atoms with Gasteiger partial charge in [-0.3, -0.25) is 19.3 Å². The van der Waals surface area contributed by atoms with E-state index in [1.807, 2.05) is 0 Å². The SMILES string of the molecule is C=C(C)C(=O)C(CCCCCO)N1C(=O)CCC1=O. The van der Waals surface area contributed by atoms with Gasteiger partial charge in [0.05, 0.1) is 0 Å². The largest absolute Gasteiger partial charge is 0.396 e. The van der Waals surface area contributed by atoms with Crippen molar-refractivity contribution in [1.29, 1.82) is 0 Å². The van der Waals surface area contributed by atoms with Gasteiger partial charge in [-0.15, -0.1) is 0 Å². The lowest BCUT2D eigenvalue weighted by Crippen LogP contribution is -2.44. The van der Waals surface area contributed by atoms with Gasteiger partial charge in [-0.25, -0.2) is 0 Å². The molecule has 1 saturated heterocycles. The molecule has 1 unspecified atom stereocenters. The summed E-state index contributed by atoms with van der Waals surface area (Å²) < 4.78 is 0. The highest BCUT2D eigenvalue weighted by Gasteiger charge is 2.38. The van der Waals surface area contributed by atoms with Crippen molar-refractivity contribution in [2.24, 2.45) is 0 Å². The molecule has 0 aromatic heterocycles. The molecule has 0 aliphatic carbocycles.